The van der Waals surface area contributed by atoms with Gasteiger partial charge in [0.15, 0.2) is 5.78 Å². The van der Waals surface area contributed by atoms with Crippen LogP contribution in [0.2, 0.25) is 0 Å². The summed E-state index contributed by atoms with van der Waals surface area (Å²) in [6.07, 6.45) is -0.447. The zero-order valence-electron chi connectivity index (χ0n) is 12.8. The number of fused-ring (bicyclic) bond motifs is 2. The molecule has 3 atom stereocenters. The quantitative estimate of drug-likeness (QED) is 0.525. The Bertz CT molecular complexity index is 455. The third-order valence-corrected chi connectivity index (χ3v) is 3.58. The Balaban J connectivity index is 2.26. The summed E-state index contributed by atoms with van der Waals surface area (Å²) in [6.45, 7) is 5.70. The van der Waals surface area contributed by atoms with Gasteiger partial charge in [-0.25, -0.2) is 4.79 Å². The fourth-order valence-corrected chi connectivity index (χ4v) is 2.76. The Morgan fingerprint density at radius 1 is 1.29 bits per heavy atom. The van der Waals surface area contributed by atoms with Crippen LogP contribution < -0.4 is 0 Å². The van der Waals surface area contributed by atoms with E-state index in [9.17, 15) is 14.4 Å². The summed E-state index contributed by atoms with van der Waals surface area (Å²) in [5.41, 5.74) is -0.644. The molecule has 0 aromatic carbocycles. The monoisotopic (exact) mass is 299 g/mol. The minimum atomic E-state index is -1.00. The Morgan fingerprint density at radius 3 is 2.52 bits per heavy atom. The molecule has 0 aromatic heterocycles. The number of methoxy groups -OCH3 is 1. The van der Waals surface area contributed by atoms with E-state index in [1.165, 1.54) is 12.0 Å². The molecule has 3 unspecified atom stereocenters. The molecule has 7 heteroatoms. The van der Waals surface area contributed by atoms with Gasteiger partial charge in [-0.1, -0.05) is 0 Å². The van der Waals surface area contributed by atoms with Crippen LogP contribution in [0.25, 0.3) is 0 Å². The zero-order valence-corrected chi connectivity index (χ0v) is 12.8. The molecule has 2 rings (SSSR count). The maximum Gasteiger partial charge on any atom is 0.410 e. The number of nitrogens with zero attached hydrogens (tertiary/aromatic N) is 1. The lowest BCUT2D eigenvalue weighted by molar-refractivity contribution is -0.164. The number of ketones is 1. The van der Waals surface area contributed by atoms with Crippen molar-refractivity contribution in [3.63, 3.8) is 0 Å². The van der Waals surface area contributed by atoms with Crippen LogP contribution in [0.5, 0.6) is 0 Å². The molecule has 21 heavy (non-hydrogen) atoms. The smallest absolute Gasteiger partial charge is 0.410 e. The predicted octanol–water partition coefficient (Wildman–Crippen LogP) is 0.753. The molecule has 2 heterocycles. The molecule has 7 nitrogen and oxygen atoms in total. The number of ether oxygens (including phenoxy) is 3. The van der Waals surface area contributed by atoms with Crippen LogP contribution in [0.3, 0.4) is 0 Å². The van der Waals surface area contributed by atoms with Gasteiger partial charge in [-0.3, -0.25) is 14.5 Å². The first-order chi connectivity index (χ1) is 9.74. The maximum absolute atomic E-state index is 12.4. The fourth-order valence-electron chi connectivity index (χ4n) is 2.76. The molecule has 0 aromatic rings. The molecule has 0 saturated carbocycles. The fraction of sp³-hybridized carbons (Fsp3) is 0.786. The summed E-state index contributed by atoms with van der Waals surface area (Å²) in [6, 6.07) is -1.04. The highest BCUT2D eigenvalue weighted by atomic mass is 16.6. The summed E-state index contributed by atoms with van der Waals surface area (Å²) < 4.78 is 15.5. The minimum Gasteiger partial charge on any atom is -0.468 e. The zero-order chi connectivity index (χ0) is 15.8. The predicted molar refractivity (Wildman–Crippen MR) is 71.6 cm³/mol. The second-order valence-electron chi connectivity index (χ2n) is 6.32. The number of hydrogen-bond donors (Lipinski definition) is 0. The molecule has 0 N–H and O–H groups in total. The number of piperidine rings is 1. The molecule has 2 saturated heterocycles. The number of carbonyl (C=O) groups is 3. The number of Topliss-reactive ketones (excluding diaryl/α,β-unsaturated/α-hetero) is 1. The van der Waals surface area contributed by atoms with E-state index in [1.54, 1.807) is 20.8 Å². The largest absolute Gasteiger partial charge is 0.468 e. The highest BCUT2D eigenvalue weighted by molar-refractivity contribution is 6.01. The highest BCUT2D eigenvalue weighted by Gasteiger charge is 2.51. The van der Waals surface area contributed by atoms with Crippen LogP contribution in [0.4, 0.5) is 4.79 Å². The van der Waals surface area contributed by atoms with Crippen LogP contribution >= 0.6 is 0 Å². The number of carbonyl (C=O) groups excluding carboxylic acids is 3. The van der Waals surface area contributed by atoms with Gasteiger partial charge >= 0.3 is 12.1 Å². The molecular weight excluding hydrogens is 278 g/mol. The molecule has 1 amide bonds. The molecule has 2 aliphatic rings. The van der Waals surface area contributed by atoms with E-state index in [4.69, 9.17) is 9.47 Å². The average molecular weight is 299 g/mol. The third kappa shape index (κ3) is 3.18. The van der Waals surface area contributed by atoms with E-state index in [1.807, 2.05) is 0 Å². The molecule has 0 aliphatic carbocycles. The lowest BCUT2D eigenvalue weighted by atomic mass is 9.83. The van der Waals surface area contributed by atoms with Crippen molar-refractivity contribution in [2.75, 3.05) is 20.3 Å². The number of morpholine rings is 1. The lowest BCUT2D eigenvalue weighted by Crippen LogP contribution is -2.65. The number of esters is 1. The first kappa shape index (κ1) is 15.8. The van der Waals surface area contributed by atoms with Crippen LogP contribution in [0, 0.1) is 5.92 Å². The summed E-state index contributed by atoms with van der Waals surface area (Å²) in [7, 11) is 1.23. The second-order valence-corrected chi connectivity index (χ2v) is 6.32. The van der Waals surface area contributed by atoms with E-state index in [-0.39, 0.29) is 31.5 Å². The van der Waals surface area contributed by atoms with Crippen molar-refractivity contribution in [1.82, 2.24) is 4.90 Å². The molecule has 2 bridgehead atoms. The SMILES string of the molecule is COC(=O)C1C(=O)CC2COCC1N2C(=O)OC(C)(C)C. The number of rotatable bonds is 1. The number of hydrogen-bond acceptors (Lipinski definition) is 6. The minimum absolute atomic E-state index is 0.0789. The second kappa shape index (κ2) is 5.63. The molecular formula is C14H21NO6. The topological polar surface area (TPSA) is 82.1 Å². The molecule has 118 valence electrons. The van der Waals surface area contributed by atoms with Crippen molar-refractivity contribution in [2.45, 2.75) is 44.9 Å². The van der Waals surface area contributed by atoms with Gasteiger partial charge in [-0.2, -0.15) is 0 Å². The molecule has 2 fully saturated rings. The summed E-state index contributed by atoms with van der Waals surface area (Å²) in [5, 5.41) is 0. The molecule has 2 aliphatic heterocycles. The first-order valence-corrected chi connectivity index (χ1v) is 6.94. The first-order valence-electron chi connectivity index (χ1n) is 6.94. The summed E-state index contributed by atoms with van der Waals surface area (Å²) in [4.78, 5) is 37.8. The van der Waals surface area contributed by atoms with Crippen molar-refractivity contribution < 1.29 is 28.6 Å². The van der Waals surface area contributed by atoms with Gasteiger partial charge in [0.2, 0.25) is 0 Å². The van der Waals surface area contributed by atoms with E-state index < -0.39 is 29.6 Å². The van der Waals surface area contributed by atoms with Crippen molar-refractivity contribution in [1.29, 1.82) is 0 Å². The van der Waals surface area contributed by atoms with Gasteiger partial charge in [0.25, 0.3) is 0 Å². The van der Waals surface area contributed by atoms with Crippen molar-refractivity contribution in [3.05, 3.63) is 0 Å². The van der Waals surface area contributed by atoms with Gasteiger partial charge in [0, 0.05) is 6.42 Å². The highest BCUT2D eigenvalue weighted by Crippen LogP contribution is 2.32. The van der Waals surface area contributed by atoms with Crippen molar-refractivity contribution >= 4 is 17.8 Å². The van der Waals surface area contributed by atoms with E-state index in [2.05, 4.69) is 4.74 Å². The van der Waals surface area contributed by atoms with Crippen LogP contribution in [0.1, 0.15) is 27.2 Å². The van der Waals surface area contributed by atoms with Gasteiger partial charge in [0.05, 0.1) is 32.4 Å². The Hall–Kier alpha value is -1.63. The van der Waals surface area contributed by atoms with Crippen LogP contribution in [-0.2, 0) is 23.8 Å². The van der Waals surface area contributed by atoms with Crippen molar-refractivity contribution in [2.24, 2.45) is 5.92 Å². The Kier molecular flexibility index (Phi) is 4.22. The normalized spacial score (nSPS) is 29.0. The van der Waals surface area contributed by atoms with E-state index in [0.717, 1.165) is 0 Å². The summed E-state index contributed by atoms with van der Waals surface area (Å²) >= 11 is 0. The van der Waals surface area contributed by atoms with Gasteiger partial charge < -0.3 is 14.2 Å². The molecule has 0 spiro atoms. The van der Waals surface area contributed by atoms with E-state index >= 15 is 0 Å². The molecule has 0 radical (unpaired) electrons. The standard InChI is InChI=1S/C14H21NO6/c1-14(2,3)21-13(18)15-8-5-10(16)11(12(17)19-4)9(15)7-20-6-8/h8-9,11H,5-7H2,1-4H3. The maximum atomic E-state index is 12.4. The lowest BCUT2D eigenvalue weighted by Gasteiger charge is -2.47. The number of amides is 1. The third-order valence-electron chi connectivity index (χ3n) is 3.58. The van der Waals surface area contributed by atoms with Gasteiger partial charge in [-0.15, -0.1) is 0 Å². The summed E-state index contributed by atoms with van der Waals surface area (Å²) in [5.74, 6) is -1.85. The van der Waals surface area contributed by atoms with Crippen LogP contribution in [0.15, 0.2) is 0 Å². The van der Waals surface area contributed by atoms with Crippen LogP contribution in [-0.4, -0.2) is 60.8 Å². The van der Waals surface area contributed by atoms with Crippen molar-refractivity contribution in [3.8, 4) is 0 Å². The average Bonchev–Trinajstić information content (AvgIpc) is 2.35. The van der Waals surface area contributed by atoms with Gasteiger partial charge in [0.1, 0.15) is 11.5 Å². The van der Waals surface area contributed by atoms with E-state index in [0.29, 0.717) is 0 Å². The Labute approximate surface area is 123 Å². The Morgan fingerprint density at radius 2 is 1.95 bits per heavy atom. The van der Waals surface area contributed by atoms with Gasteiger partial charge in [-0.05, 0) is 20.8 Å².